The number of amides is 1. The predicted molar refractivity (Wildman–Crippen MR) is 122 cm³/mol. The van der Waals surface area contributed by atoms with Gasteiger partial charge in [-0.05, 0) is 49.1 Å². The Morgan fingerprint density at radius 1 is 1.21 bits per heavy atom. The van der Waals surface area contributed by atoms with Crippen molar-refractivity contribution in [3.63, 3.8) is 0 Å². The van der Waals surface area contributed by atoms with Crippen LogP contribution in [0.4, 0.5) is 8.78 Å². The molecule has 0 aliphatic heterocycles. The van der Waals surface area contributed by atoms with Gasteiger partial charge in [0, 0.05) is 27.7 Å². The Kier molecular flexibility index (Phi) is 7.55. The summed E-state index contributed by atoms with van der Waals surface area (Å²) in [6.45, 7) is -2.62. The molecule has 1 amide bonds. The van der Waals surface area contributed by atoms with E-state index in [4.69, 9.17) is 38.1 Å². The van der Waals surface area contributed by atoms with Crippen molar-refractivity contribution >= 4 is 29.1 Å². The molecule has 4 rings (SSSR count). The fraction of sp³-hybridized carbons (Fsp3) is 0.304. The third-order valence-corrected chi connectivity index (χ3v) is 5.87. The minimum atomic E-state index is -3.00. The molecule has 0 radical (unpaired) electrons. The van der Waals surface area contributed by atoms with Gasteiger partial charge in [-0.2, -0.15) is 8.78 Å². The van der Waals surface area contributed by atoms with Gasteiger partial charge in [-0.3, -0.25) is 4.79 Å². The maximum Gasteiger partial charge on any atom is 0.387 e. The van der Waals surface area contributed by atoms with Gasteiger partial charge in [0.1, 0.15) is 0 Å². The Morgan fingerprint density at radius 3 is 2.59 bits per heavy atom. The Balaban J connectivity index is 1.56. The molecule has 0 bridgehead atoms. The van der Waals surface area contributed by atoms with Gasteiger partial charge in [-0.15, -0.1) is 0 Å². The molecule has 1 aromatic heterocycles. The molecule has 3 aromatic rings. The van der Waals surface area contributed by atoms with Crippen molar-refractivity contribution in [2.75, 3.05) is 6.61 Å². The maximum atomic E-state index is 12.8. The van der Waals surface area contributed by atoms with Gasteiger partial charge in [-0.1, -0.05) is 29.3 Å². The zero-order valence-corrected chi connectivity index (χ0v) is 19.3. The molecule has 0 saturated heterocycles. The van der Waals surface area contributed by atoms with E-state index >= 15 is 0 Å². The first kappa shape index (κ1) is 24.3. The average Bonchev–Trinajstić information content (AvgIpc) is 3.53. The van der Waals surface area contributed by atoms with E-state index < -0.39 is 12.5 Å². The molecule has 0 atom stereocenters. The summed E-state index contributed by atoms with van der Waals surface area (Å²) in [7, 11) is 0. The Labute approximate surface area is 204 Å². The molecular weight excluding hydrogens is 491 g/mol. The molecule has 1 heterocycles. The highest BCUT2D eigenvalue weighted by atomic mass is 35.5. The zero-order valence-electron chi connectivity index (χ0n) is 17.8. The van der Waals surface area contributed by atoms with Crippen LogP contribution in [0.2, 0.25) is 10.0 Å². The molecule has 0 spiro atoms. The lowest BCUT2D eigenvalue weighted by atomic mass is 10.2. The van der Waals surface area contributed by atoms with Gasteiger partial charge in [0.15, 0.2) is 23.0 Å². The molecule has 7 nitrogen and oxygen atoms in total. The van der Waals surface area contributed by atoms with E-state index in [-0.39, 0.29) is 41.9 Å². The van der Waals surface area contributed by atoms with Crippen molar-refractivity contribution < 1.29 is 27.5 Å². The molecule has 1 aliphatic carbocycles. The van der Waals surface area contributed by atoms with E-state index in [1.54, 1.807) is 18.2 Å². The van der Waals surface area contributed by atoms with Crippen molar-refractivity contribution in [1.82, 2.24) is 10.3 Å². The van der Waals surface area contributed by atoms with Gasteiger partial charge < -0.3 is 24.9 Å². The van der Waals surface area contributed by atoms with Crippen LogP contribution in [-0.4, -0.2) is 24.1 Å². The van der Waals surface area contributed by atoms with Crippen LogP contribution in [0.3, 0.4) is 0 Å². The summed E-state index contributed by atoms with van der Waals surface area (Å²) in [6.07, 6.45) is 2.06. The zero-order chi connectivity index (χ0) is 24.2. The lowest BCUT2D eigenvalue weighted by Crippen LogP contribution is -2.25. The molecule has 1 saturated carbocycles. The highest BCUT2D eigenvalue weighted by molar-refractivity contribution is 6.36. The maximum absolute atomic E-state index is 12.8. The van der Waals surface area contributed by atoms with Gasteiger partial charge in [0.2, 0.25) is 5.89 Å². The number of alkyl halides is 2. The minimum Gasteiger partial charge on any atom is -0.489 e. The fourth-order valence-corrected chi connectivity index (χ4v) is 3.72. The first-order valence-corrected chi connectivity index (χ1v) is 11.2. The number of benzene rings is 2. The number of nitrogens with two attached hydrogens (primary N) is 1. The fourth-order valence-electron chi connectivity index (χ4n) is 3.18. The van der Waals surface area contributed by atoms with E-state index in [1.165, 1.54) is 18.2 Å². The van der Waals surface area contributed by atoms with Crippen LogP contribution in [0.1, 0.15) is 34.7 Å². The van der Waals surface area contributed by atoms with Gasteiger partial charge >= 0.3 is 6.61 Å². The summed E-state index contributed by atoms with van der Waals surface area (Å²) in [6, 6.07) is 9.34. The number of halogens is 4. The monoisotopic (exact) mass is 511 g/mol. The quantitative estimate of drug-likeness (QED) is 0.376. The van der Waals surface area contributed by atoms with Crippen LogP contribution >= 0.6 is 23.2 Å². The average molecular weight is 512 g/mol. The number of hydrogen-bond donors (Lipinski definition) is 2. The van der Waals surface area contributed by atoms with Crippen LogP contribution in [0.25, 0.3) is 11.5 Å². The number of nitrogens with zero attached hydrogens (tertiary/aromatic N) is 1. The standard InChI is InChI=1S/C23H21Cl2F2N3O4/c24-15-2-1-3-16(25)14(15)10-29-21(31)20-19(9-28)33-22(30-20)13-6-7-17(34-23(26)27)18(8-13)32-11-12-4-5-12/h1-3,6-8,12,23H,4-5,9-11,28H2,(H,29,31). The summed E-state index contributed by atoms with van der Waals surface area (Å²) in [5.41, 5.74) is 6.71. The second-order valence-electron chi connectivity index (χ2n) is 7.67. The molecule has 1 aliphatic rings. The molecule has 0 unspecified atom stereocenters. The minimum absolute atomic E-state index is 0.00553. The van der Waals surface area contributed by atoms with Crippen molar-refractivity contribution in [3.8, 4) is 23.0 Å². The number of nitrogens with one attached hydrogen (secondary N) is 1. The van der Waals surface area contributed by atoms with Crippen molar-refractivity contribution in [2.24, 2.45) is 11.7 Å². The van der Waals surface area contributed by atoms with Crippen LogP contribution in [0.5, 0.6) is 11.5 Å². The van der Waals surface area contributed by atoms with Crippen LogP contribution in [0.15, 0.2) is 40.8 Å². The number of oxazole rings is 1. The van der Waals surface area contributed by atoms with E-state index in [9.17, 15) is 13.6 Å². The normalized spacial score (nSPS) is 13.2. The van der Waals surface area contributed by atoms with Crippen LogP contribution in [0, 0.1) is 5.92 Å². The number of ether oxygens (including phenoxy) is 2. The topological polar surface area (TPSA) is 99.6 Å². The van der Waals surface area contributed by atoms with Crippen molar-refractivity contribution in [2.45, 2.75) is 32.5 Å². The van der Waals surface area contributed by atoms with E-state index in [2.05, 4.69) is 15.0 Å². The molecule has 180 valence electrons. The second kappa shape index (κ2) is 10.6. The summed E-state index contributed by atoms with van der Waals surface area (Å²) in [4.78, 5) is 17.1. The van der Waals surface area contributed by atoms with E-state index in [1.807, 2.05) is 0 Å². The predicted octanol–water partition coefficient (Wildman–Crippen LogP) is 5.43. The number of carbonyl (C=O) groups excluding carboxylic acids is 1. The van der Waals surface area contributed by atoms with Crippen molar-refractivity contribution in [1.29, 1.82) is 0 Å². The summed E-state index contributed by atoms with van der Waals surface area (Å²) in [5, 5.41) is 3.53. The Morgan fingerprint density at radius 2 is 1.94 bits per heavy atom. The smallest absolute Gasteiger partial charge is 0.387 e. The largest absolute Gasteiger partial charge is 0.489 e. The lowest BCUT2D eigenvalue weighted by Gasteiger charge is -2.12. The molecule has 1 fully saturated rings. The number of hydrogen-bond acceptors (Lipinski definition) is 6. The van der Waals surface area contributed by atoms with Crippen LogP contribution in [-0.2, 0) is 13.1 Å². The molecule has 2 aromatic carbocycles. The number of carbonyl (C=O) groups is 1. The number of rotatable bonds is 10. The first-order valence-electron chi connectivity index (χ1n) is 10.5. The van der Waals surface area contributed by atoms with Gasteiger partial charge in [-0.25, -0.2) is 4.98 Å². The summed E-state index contributed by atoms with van der Waals surface area (Å²) in [5.74, 6) is 0.147. The highest BCUT2D eigenvalue weighted by Crippen LogP contribution is 2.36. The third kappa shape index (κ3) is 5.78. The third-order valence-electron chi connectivity index (χ3n) is 5.16. The first-order chi connectivity index (χ1) is 16.4. The SMILES string of the molecule is NCc1oc(-c2ccc(OC(F)F)c(OCC3CC3)c2)nc1C(=O)NCc1c(Cl)cccc1Cl. The van der Waals surface area contributed by atoms with E-state index in [0.717, 1.165) is 12.8 Å². The Hall–Kier alpha value is -2.88. The lowest BCUT2D eigenvalue weighted by molar-refractivity contribution is -0.0515. The van der Waals surface area contributed by atoms with Gasteiger partial charge in [0.05, 0.1) is 13.2 Å². The Bertz CT molecular complexity index is 1160. The van der Waals surface area contributed by atoms with Crippen molar-refractivity contribution in [3.05, 3.63) is 63.5 Å². The highest BCUT2D eigenvalue weighted by Gasteiger charge is 2.25. The molecule has 3 N–H and O–H groups in total. The number of aromatic nitrogens is 1. The van der Waals surface area contributed by atoms with Crippen LogP contribution < -0.4 is 20.5 Å². The second-order valence-corrected chi connectivity index (χ2v) is 8.49. The summed E-state index contributed by atoms with van der Waals surface area (Å²) >= 11 is 12.3. The molecular formula is C23H21Cl2F2N3O4. The molecule has 34 heavy (non-hydrogen) atoms. The van der Waals surface area contributed by atoms with Gasteiger partial charge in [0.25, 0.3) is 5.91 Å². The van der Waals surface area contributed by atoms with E-state index in [0.29, 0.717) is 33.7 Å². The molecule has 11 heteroatoms. The summed E-state index contributed by atoms with van der Waals surface area (Å²) < 4.78 is 41.5.